The van der Waals surface area contributed by atoms with E-state index in [1.807, 2.05) is 30.3 Å². The van der Waals surface area contributed by atoms with E-state index in [1.54, 1.807) is 14.2 Å². The van der Waals surface area contributed by atoms with Crippen molar-refractivity contribution in [2.75, 3.05) is 27.0 Å². The first kappa shape index (κ1) is 47.4. The summed E-state index contributed by atoms with van der Waals surface area (Å²) in [7, 11) is 1.28. The average Bonchev–Trinajstić information content (AvgIpc) is 3.71. The molecule has 8 heteroatoms. The number of halogens is 1. The van der Waals surface area contributed by atoms with Gasteiger partial charge in [-0.25, -0.2) is 0 Å². The summed E-state index contributed by atoms with van der Waals surface area (Å²) >= 11 is 0. The Bertz CT molecular complexity index is 2080. The van der Waals surface area contributed by atoms with Gasteiger partial charge < -0.3 is 52.4 Å². The molecule has 6 aromatic rings. The van der Waals surface area contributed by atoms with Crippen LogP contribution >= 0.6 is 7.26 Å². The average molecular weight is 965 g/mol. The quantitative estimate of drug-likeness (QED) is 0.0511. The SMILES string of the molecule is COc1ccc(CO[C@H](CC[C@@](C)(CC[P+](c2ccccc2)(c2ccccc2)c2ccccc2)OCc2ccc(OC)cc2)[C@H]2CC[C@](C)(COCc3ccccc3)O2)cc1.[I-]. The molecule has 0 aromatic heterocycles. The largest absolute Gasteiger partial charge is 1.00 e. The van der Waals surface area contributed by atoms with Gasteiger partial charge in [0.2, 0.25) is 0 Å². The van der Waals surface area contributed by atoms with E-state index < -0.39 is 18.5 Å². The second kappa shape index (κ2) is 23.0. The van der Waals surface area contributed by atoms with Gasteiger partial charge in [0.05, 0.1) is 70.2 Å². The third-order valence-electron chi connectivity index (χ3n) is 12.2. The molecule has 4 atom stereocenters. The van der Waals surface area contributed by atoms with Gasteiger partial charge in [0.1, 0.15) is 34.7 Å². The number of rotatable bonds is 22. The van der Waals surface area contributed by atoms with Crippen LogP contribution in [-0.2, 0) is 38.8 Å². The highest BCUT2D eigenvalue weighted by atomic mass is 127. The summed E-state index contributed by atoms with van der Waals surface area (Å²) in [6, 6.07) is 60.1. The van der Waals surface area contributed by atoms with Crippen molar-refractivity contribution in [3.05, 3.63) is 187 Å². The molecule has 0 bridgehead atoms. The van der Waals surface area contributed by atoms with Crippen LogP contribution in [-0.4, -0.2) is 50.4 Å². The number of hydrogen-bond acceptors (Lipinski definition) is 6. The second-order valence-electron chi connectivity index (χ2n) is 16.7. The molecular formula is C54H62IO6P. The first-order valence-corrected chi connectivity index (χ1v) is 23.6. The molecule has 6 nitrogen and oxygen atoms in total. The van der Waals surface area contributed by atoms with Crippen LogP contribution in [0.4, 0.5) is 0 Å². The van der Waals surface area contributed by atoms with Gasteiger partial charge in [0, 0.05) is 6.42 Å². The van der Waals surface area contributed by atoms with Crippen LogP contribution in [0.3, 0.4) is 0 Å². The molecule has 0 aliphatic carbocycles. The minimum absolute atomic E-state index is 0. The van der Waals surface area contributed by atoms with E-state index in [4.69, 9.17) is 28.4 Å². The summed E-state index contributed by atoms with van der Waals surface area (Å²) in [5.74, 6) is 1.66. The van der Waals surface area contributed by atoms with Gasteiger partial charge in [-0.1, -0.05) is 109 Å². The topological polar surface area (TPSA) is 55.4 Å². The van der Waals surface area contributed by atoms with Crippen molar-refractivity contribution in [2.45, 2.75) is 89.2 Å². The van der Waals surface area contributed by atoms with E-state index in [1.165, 1.54) is 15.9 Å². The van der Waals surface area contributed by atoms with Crippen molar-refractivity contribution in [1.29, 1.82) is 0 Å². The van der Waals surface area contributed by atoms with Crippen LogP contribution in [0, 0.1) is 0 Å². The molecule has 0 radical (unpaired) electrons. The maximum Gasteiger partial charge on any atom is 0.118 e. The molecule has 1 heterocycles. The lowest BCUT2D eigenvalue weighted by Gasteiger charge is -2.36. The van der Waals surface area contributed by atoms with E-state index in [0.29, 0.717) is 26.4 Å². The van der Waals surface area contributed by atoms with Crippen molar-refractivity contribution in [1.82, 2.24) is 0 Å². The Hall–Kier alpha value is -4.08. The van der Waals surface area contributed by atoms with E-state index >= 15 is 0 Å². The van der Waals surface area contributed by atoms with Gasteiger partial charge in [-0.3, -0.25) is 0 Å². The Labute approximate surface area is 387 Å². The molecule has 1 aliphatic rings. The number of ether oxygens (including phenoxy) is 6. The Morgan fingerprint density at radius 2 is 1.08 bits per heavy atom. The zero-order valence-electron chi connectivity index (χ0n) is 36.7. The predicted octanol–water partition coefficient (Wildman–Crippen LogP) is 7.89. The molecule has 0 unspecified atom stereocenters. The predicted molar refractivity (Wildman–Crippen MR) is 250 cm³/mol. The molecule has 1 saturated heterocycles. The lowest BCUT2D eigenvalue weighted by atomic mass is 9.92. The Morgan fingerprint density at radius 3 is 1.58 bits per heavy atom. The molecule has 0 amide bonds. The summed E-state index contributed by atoms with van der Waals surface area (Å²) in [5, 5.41) is 4.12. The molecule has 326 valence electrons. The Kier molecular flexibility index (Phi) is 17.6. The second-order valence-corrected chi connectivity index (χ2v) is 20.4. The van der Waals surface area contributed by atoms with Crippen LogP contribution in [0.2, 0.25) is 0 Å². The highest BCUT2D eigenvalue weighted by Gasteiger charge is 2.47. The highest BCUT2D eigenvalue weighted by Crippen LogP contribution is 2.57. The van der Waals surface area contributed by atoms with Crippen LogP contribution in [0.1, 0.15) is 62.6 Å². The lowest BCUT2D eigenvalue weighted by molar-refractivity contribution is -0.137. The van der Waals surface area contributed by atoms with Gasteiger partial charge in [-0.15, -0.1) is 0 Å². The first-order chi connectivity index (χ1) is 29.8. The van der Waals surface area contributed by atoms with Crippen LogP contribution < -0.4 is 49.4 Å². The van der Waals surface area contributed by atoms with Crippen LogP contribution in [0.25, 0.3) is 0 Å². The smallest absolute Gasteiger partial charge is 0.118 e. The van der Waals surface area contributed by atoms with Gasteiger partial charge in [0.25, 0.3) is 0 Å². The maximum atomic E-state index is 7.18. The van der Waals surface area contributed by atoms with Crippen molar-refractivity contribution < 1.29 is 52.4 Å². The Morgan fingerprint density at radius 1 is 0.613 bits per heavy atom. The summed E-state index contributed by atoms with van der Waals surface area (Å²) in [4.78, 5) is 0. The maximum absolute atomic E-state index is 7.18. The number of benzene rings is 6. The van der Waals surface area contributed by atoms with E-state index in [-0.39, 0.29) is 36.2 Å². The van der Waals surface area contributed by atoms with Crippen molar-refractivity contribution in [2.24, 2.45) is 0 Å². The van der Waals surface area contributed by atoms with Crippen molar-refractivity contribution in [3.63, 3.8) is 0 Å². The fourth-order valence-corrected chi connectivity index (χ4v) is 13.1. The van der Waals surface area contributed by atoms with Crippen molar-refractivity contribution in [3.8, 4) is 11.5 Å². The van der Waals surface area contributed by atoms with E-state index in [9.17, 15) is 0 Å². The molecule has 1 fully saturated rings. The van der Waals surface area contributed by atoms with E-state index in [2.05, 4.69) is 153 Å². The van der Waals surface area contributed by atoms with Gasteiger partial charge in [-0.2, -0.15) is 0 Å². The third-order valence-corrected chi connectivity index (χ3v) is 16.7. The fraction of sp³-hybridized carbons (Fsp3) is 0.333. The molecule has 7 rings (SSSR count). The molecule has 0 N–H and O–H groups in total. The third kappa shape index (κ3) is 12.6. The Balaban J connectivity index is 0.00000641. The summed E-state index contributed by atoms with van der Waals surface area (Å²) in [6.45, 7) is 6.54. The van der Waals surface area contributed by atoms with Crippen LogP contribution in [0.5, 0.6) is 11.5 Å². The monoisotopic (exact) mass is 964 g/mol. The number of methoxy groups -OCH3 is 2. The summed E-state index contributed by atoms with van der Waals surface area (Å²) < 4.78 is 38.2. The minimum atomic E-state index is -2.11. The molecule has 62 heavy (non-hydrogen) atoms. The summed E-state index contributed by atoms with van der Waals surface area (Å²) in [5.41, 5.74) is 2.47. The van der Waals surface area contributed by atoms with E-state index in [0.717, 1.165) is 66.5 Å². The first-order valence-electron chi connectivity index (χ1n) is 21.7. The molecule has 0 saturated carbocycles. The normalized spacial score (nSPS) is 17.7. The van der Waals surface area contributed by atoms with Gasteiger partial charge in [0.15, 0.2) is 0 Å². The van der Waals surface area contributed by atoms with Crippen LogP contribution in [0.15, 0.2) is 170 Å². The summed E-state index contributed by atoms with van der Waals surface area (Å²) in [6.07, 6.45) is 4.91. The highest BCUT2D eigenvalue weighted by molar-refractivity contribution is 7.95. The molecule has 1 aliphatic heterocycles. The zero-order chi connectivity index (χ0) is 42.4. The zero-order valence-corrected chi connectivity index (χ0v) is 39.7. The molecular weight excluding hydrogens is 902 g/mol. The fourth-order valence-electron chi connectivity index (χ4n) is 8.54. The minimum Gasteiger partial charge on any atom is -1.00 e. The number of hydrogen-bond donors (Lipinski definition) is 0. The van der Waals surface area contributed by atoms with Gasteiger partial charge in [-0.05, 0) is 117 Å². The molecule has 6 aromatic carbocycles. The molecule has 0 spiro atoms. The lowest BCUT2D eigenvalue weighted by Crippen LogP contribution is -3.00. The van der Waals surface area contributed by atoms with Gasteiger partial charge >= 0.3 is 0 Å². The van der Waals surface area contributed by atoms with Crippen molar-refractivity contribution >= 4 is 23.2 Å². The standard InChI is InChI=1S/C54H62O6P.HI/c1-53(59-41-45-27-31-47(56-4)32-28-45,37-38-61(48-19-11-6-12-20-48,49-21-13-7-14-22-49)50-23-15-8-16-24-50)35-33-51(58-40-44-25-29-46(55-3)30-26-44)52-34-36-54(2,60-52)42-57-39-43-17-9-5-10-18-43;/h5-32,51-52H,33-42H2,1-4H3;1H/q+1;/p-1/t51-,52-,53+,54-;/m1./s1.